The summed E-state index contributed by atoms with van der Waals surface area (Å²) in [5.74, 6) is -0.00472. The van der Waals surface area contributed by atoms with Gasteiger partial charge in [0, 0.05) is 6.07 Å². The Labute approximate surface area is 74.5 Å². The van der Waals surface area contributed by atoms with Crippen molar-refractivity contribution in [3.05, 3.63) is 10.9 Å². The summed E-state index contributed by atoms with van der Waals surface area (Å²) in [5, 5.41) is 0. The monoisotopic (exact) mass is 186 g/mol. The molecule has 2 N–H and O–H groups in total. The Bertz CT molecular complexity index is 283. The Hall–Kier alpha value is -1.10. The van der Waals surface area contributed by atoms with Gasteiger partial charge in [-0.25, -0.2) is 4.79 Å². The molecular formula is C7H10N2O2S. The molecule has 0 radical (unpaired) electrons. The van der Waals surface area contributed by atoms with Crippen LogP contribution in [0.5, 0.6) is 0 Å². The van der Waals surface area contributed by atoms with E-state index >= 15 is 0 Å². The van der Waals surface area contributed by atoms with Gasteiger partial charge >= 0.3 is 5.97 Å². The van der Waals surface area contributed by atoms with Gasteiger partial charge in [0.1, 0.15) is 10.7 Å². The van der Waals surface area contributed by atoms with Crippen molar-refractivity contribution in [1.82, 2.24) is 4.37 Å². The van der Waals surface area contributed by atoms with Crippen LogP contribution in [0.1, 0.15) is 23.5 Å². The number of nitrogens with zero attached hydrogens (tertiary/aromatic N) is 1. The molecule has 5 heteroatoms. The molecule has 0 bridgehead atoms. The van der Waals surface area contributed by atoms with Gasteiger partial charge in [0.25, 0.3) is 0 Å². The van der Waals surface area contributed by atoms with Crippen molar-refractivity contribution in [2.45, 2.75) is 20.0 Å². The minimum Gasteiger partial charge on any atom is -0.459 e. The summed E-state index contributed by atoms with van der Waals surface area (Å²) in [4.78, 5) is 11.6. The number of hydrogen-bond acceptors (Lipinski definition) is 5. The summed E-state index contributed by atoms with van der Waals surface area (Å²) in [6.07, 6.45) is -0.110. The van der Waals surface area contributed by atoms with Crippen molar-refractivity contribution in [3.8, 4) is 0 Å². The lowest BCUT2D eigenvalue weighted by Crippen LogP contribution is -2.09. The number of hydrogen-bond donors (Lipinski definition) is 1. The van der Waals surface area contributed by atoms with Gasteiger partial charge in [0.05, 0.1) is 6.10 Å². The topological polar surface area (TPSA) is 65.2 Å². The van der Waals surface area contributed by atoms with Gasteiger partial charge in [0.15, 0.2) is 0 Å². The van der Waals surface area contributed by atoms with E-state index in [2.05, 4.69) is 4.37 Å². The number of nitrogens with two attached hydrogens (primary N) is 1. The molecule has 0 fully saturated rings. The van der Waals surface area contributed by atoms with Gasteiger partial charge in [-0.05, 0) is 25.4 Å². The van der Waals surface area contributed by atoms with Gasteiger partial charge in [0.2, 0.25) is 0 Å². The van der Waals surface area contributed by atoms with Crippen LogP contribution >= 0.6 is 11.5 Å². The zero-order valence-electron chi connectivity index (χ0n) is 6.90. The third-order valence-corrected chi connectivity index (χ3v) is 1.86. The first kappa shape index (κ1) is 8.99. The second-order valence-electron chi connectivity index (χ2n) is 2.57. The Kier molecular flexibility index (Phi) is 2.65. The number of ether oxygens (including phenoxy) is 1. The minimum atomic E-state index is -0.362. The Balaban J connectivity index is 2.65. The van der Waals surface area contributed by atoms with Crippen LogP contribution in [0.15, 0.2) is 6.07 Å². The van der Waals surface area contributed by atoms with Crippen molar-refractivity contribution in [1.29, 1.82) is 0 Å². The van der Waals surface area contributed by atoms with E-state index in [9.17, 15) is 4.79 Å². The lowest BCUT2D eigenvalue weighted by atomic mass is 10.4. The number of carbonyl (C=O) groups excluding carboxylic acids is 1. The van der Waals surface area contributed by atoms with Gasteiger partial charge in [-0.2, -0.15) is 4.37 Å². The predicted molar refractivity (Wildman–Crippen MR) is 47.1 cm³/mol. The average Bonchev–Trinajstić information content (AvgIpc) is 2.34. The van der Waals surface area contributed by atoms with E-state index in [4.69, 9.17) is 10.5 Å². The van der Waals surface area contributed by atoms with E-state index in [-0.39, 0.29) is 12.1 Å². The lowest BCUT2D eigenvalue weighted by Gasteiger charge is -2.04. The van der Waals surface area contributed by atoms with Crippen LogP contribution < -0.4 is 5.73 Å². The molecule has 1 aromatic rings. The normalized spacial score (nSPS) is 10.2. The van der Waals surface area contributed by atoms with Gasteiger partial charge < -0.3 is 10.5 Å². The SMILES string of the molecule is CC(C)OC(=O)c1cc(N)ns1. The first-order valence-electron chi connectivity index (χ1n) is 3.52. The van der Waals surface area contributed by atoms with Crippen LogP contribution in [0.4, 0.5) is 5.82 Å². The van der Waals surface area contributed by atoms with E-state index in [1.807, 2.05) is 0 Å². The number of esters is 1. The zero-order valence-corrected chi connectivity index (χ0v) is 7.72. The molecule has 0 atom stereocenters. The summed E-state index contributed by atoms with van der Waals surface area (Å²) in [6, 6.07) is 1.51. The van der Waals surface area contributed by atoms with Crippen molar-refractivity contribution >= 4 is 23.3 Å². The summed E-state index contributed by atoms with van der Waals surface area (Å²) >= 11 is 1.05. The number of anilines is 1. The molecule has 1 heterocycles. The van der Waals surface area contributed by atoms with E-state index in [1.54, 1.807) is 13.8 Å². The summed E-state index contributed by atoms with van der Waals surface area (Å²) < 4.78 is 8.69. The average molecular weight is 186 g/mol. The molecule has 0 aromatic carbocycles. The molecule has 0 saturated carbocycles. The minimum absolute atomic E-state index is 0.110. The summed E-state index contributed by atoms with van der Waals surface area (Å²) in [5.41, 5.74) is 5.34. The quantitative estimate of drug-likeness (QED) is 0.707. The molecule has 0 aliphatic heterocycles. The number of nitrogen functional groups attached to an aromatic ring is 1. The largest absolute Gasteiger partial charge is 0.459 e. The van der Waals surface area contributed by atoms with Gasteiger partial charge in [-0.15, -0.1) is 0 Å². The highest BCUT2D eigenvalue weighted by molar-refractivity contribution is 7.08. The molecule has 0 unspecified atom stereocenters. The second kappa shape index (κ2) is 3.53. The highest BCUT2D eigenvalue weighted by Gasteiger charge is 2.11. The van der Waals surface area contributed by atoms with Crippen LogP contribution in [-0.4, -0.2) is 16.4 Å². The smallest absolute Gasteiger partial charge is 0.350 e. The fraction of sp³-hybridized carbons (Fsp3) is 0.429. The zero-order chi connectivity index (χ0) is 9.14. The van der Waals surface area contributed by atoms with Crippen molar-refractivity contribution in [2.24, 2.45) is 0 Å². The molecule has 0 aliphatic rings. The third-order valence-electron chi connectivity index (χ3n) is 1.07. The van der Waals surface area contributed by atoms with Crippen molar-refractivity contribution in [2.75, 3.05) is 5.73 Å². The fourth-order valence-corrected chi connectivity index (χ4v) is 1.21. The Morgan fingerprint density at radius 2 is 2.42 bits per heavy atom. The van der Waals surface area contributed by atoms with Crippen LogP contribution in [0.2, 0.25) is 0 Å². The van der Waals surface area contributed by atoms with Crippen molar-refractivity contribution in [3.63, 3.8) is 0 Å². The predicted octanol–water partition coefficient (Wildman–Crippen LogP) is 1.29. The van der Waals surface area contributed by atoms with Crippen LogP contribution in [0.25, 0.3) is 0 Å². The molecule has 1 aromatic heterocycles. The number of aromatic nitrogens is 1. The maximum absolute atomic E-state index is 11.2. The van der Waals surface area contributed by atoms with E-state index in [0.29, 0.717) is 10.7 Å². The summed E-state index contributed by atoms with van der Waals surface area (Å²) in [6.45, 7) is 3.59. The highest BCUT2D eigenvalue weighted by atomic mass is 32.1. The molecule has 4 nitrogen and oxygen atoms in total. The molecule has 0 spiro atoms. The summed E-state index contributed by atoms with van der Waals surface area (Å²) in [7, 11) is 0. The Morgan fingerprint density at radius 1 is 1.75 bits per heavy atom. The van der Waals surface area contributed by atoms with E-state index < -0.39 is 0 Å². The maximum atomic E-state index is 11.2. The van der Waals surface area contributed by atoms with Crippen LogP contribution in [0.3, 0.4) is 0 Å². The van der Waals surface area contributed by atoms with Gasteiger partial charge in [-0.3, -0.25) is 0 Å². The number of rotatable bonds is 2. The standard InChI is InChI=1S/C7H10N2O2S/c1-4(2)11-7(10)5-3-6(8)9-12-5/h3-4H,1-2H3,(H2,8,9). The Morgan fingerprint density at radius 3 is 2.83 bits per heavy atom. The molecule has 66 valence electrons. The molecule has 0 aliphatic carbocycles. The molecule has 12 heavy (non-hydrogen) atoms. The van der Waals surface area contributed by atoms with Crippen LogP contribution in [0, 0.1) is 0 Å². The highest BCUT2D eigenvalue weighted by Crippen LogP contribution is 2.13. The molecule has 0 saturated heterocycles. The number of carbonyl (C=O) groups is 1. The lowest BCUT2D eigenvalue weighted by molar-refractivity contribution is 0.0384. The molecular weight excluding hydrogens is 176 g/mol. The maximum Gasteiger partial charge on any atom is 0.350 e. The van der Waals surface area contributed by atoms with E-state index in [0.717, 1.165) is 11.5 Å². The fourth-order valence-electron chi connectivity index (χ4n) is 0.657. The van der Waals surface area contributed by atoms with E-state index in [1.165, 1.54) is 6.07 Å². The van der Waals surface area contributed by atoms with Crippen molar-refractivity contribution < 1.29 is 9.53 Å². The molecule has 0 amide bonds. The second-order valence-corrected chi connectivity index (χ2v) is 3.38. The molecule has 1 rings (SSSR count). The first-order chi connectivity index (χ1) is 5.59. The first-order valence-corrected chi connectivity index (χ1v) is 4.30. The third kappa shape index (κ3) is 2.20. The van der Waals surface area contributed by atoms with Gasteiger partial charge in [-0.1, -0.05) is 0 Å². The van der Waals surface area contributed by atoms with Crippen LogP contribution in [-0.2, 0) is 4.74 Å².